The lowest BCUT2D eigenvalue weighted by Crippen LogP contribution is -2.58. The van der Waals surface area contributed by atoms with Crippen LogP contribution in [0, 0.1) is 5.41 Å². The molecule has 11 heteroatoms. The highest BCUT2D eigenvalue weighted by Gasteiger charge is 2.57. The lowest BCUT2D eigenvalue weighted by molar-refractivity contribution is -0.152. The number of amides is 2. The average molecular weight is 646 g/mol. The summed E-state index contributed by atoms with van der Waals surface area (Å²) in [6.07, 6.45) is 7.52. The third-order valence-corrected chi connectivity index (χ3v) is 13.2. The summed E-state index contributed by atoms with van der Waals surface area (Å²) in [7, 11) is -0.844. The van der Waals surface area contributed by atoms with Crippen molar-refractivity contribution in [2.45, 2.75) is 63.3 Å². The summed E-state index contributed by atoms with van der Waals surface area (Å²) in [6, 6.07) is 12.0. The van der Waals surface area contributed by atoms with E-state index in [1.807, 2.05) is 18.2 Å². The number of nitrogens with zero attached hydrogens (tertiary/aromatic N) is 4. The summed E-state index contributed by atoms with van der Waals surface area (Å²) in [5.74, 6) is 0.786. The van der Waals surface area contributed by atoms with Crippen molar-refractivity contribution in [3.63, 3.8) is 0 Å². The second kappa shape index (κ2) is 11.1. The number of benzene rings is 2. The number of likely N-dealkylation sites (N-methyl/N-ethyl adjacent to an activating group) is 1. The van der Waals surface area contributed by atoms with E-state index in [-0.39, 0.29) is 18.4 Å². The molecule has 9 rings (SSSR count). The van der Waals surface area contributed by atoms with Crippen molar-refractivity contribution in [3.8, 4) is 17.0 Å². The van der Waals surface area contributed by atoms with Crippen LogP contribution in [0.25, 0.3) is 22.2 Å². The number of hydrogen-bond donors (Lipinski definition) is 1. The smallest absolute Gasteiger partial charge is 0.303 e. The minimum Gasteiger partial charge on any atom is -0.497 e. The van der Waals surface area contributed by atoms with Crippen LogP contribution in [0.15, 0.2) is 36.4 Å². The number of aromatic nitrogens is 1. The third-order valence-electron chi connectivity index (χ3n) is 11.7. The summed E-state index contributed by atoms with van der Waals surface area (Å²) in [4.78, 5) is 32.7. The highest BCUT2D eigenvalue weighted by atomic mass is 32.2. The summed E-state index contributed by atoms with van der Waals surface area (Å²) in [5, 5.41) is 1.09. The molecule has 2 aromatic carbocycles. The number of hydrogen-bond acceptors (Lipinski definition) is 6. The zero-order chi connectivity index (χ0) is 31.8. The van der Waals surface area contributed by atoms with Gasteiger partial charge < -0.3 is 14.2 Å². The Bertz CT molecular complexity index is 1840. The van der Waals surface area contributed by atoms with Crippen LogP contribution < -0.4 is 9.46 Å². The number of ether oxygens (including phenoxy) is 1. The SMILES string of the molecule is COc1ccc2c(c1)[C@H]1CC[C@@]13Cn1c-2c(C2CCCCC2)c2ccc(cc21)C(=O)NS(=O)(=O)N(C)CCN1CCN(CC1)C3=O. The van der Waals surface area contributed by atoms with Crippen LogP contribution in [-0.2, 0) is 21.5 Å². The lowest BCUT2D eigenvalue weighted by Gasteiger charge is -2.51. The lowest BCUT2D eigenvalue weighted by atomic mass is 9.56. The molecule has 46 heavy (non-hydrogen) atoms. The van der Waals surface area contributed by atoms with Gasteiger partial charge in [-0.05, 0) is 73.1 Å². The van der Waals surface area contributed by atoms with Crippen molar-refractivity contribution in [1.29, 1.82) is 0 Å². The fourth-order valence-corrected chi connectivity index (χ4v) is 9.81. The van der Waals surface area contributed by atoms with Crippen LogP contribution in [0.4, 0.5) is 0 Å². The molecule has 6 aliphatic rings. The molecular formula is C35H43N5O5S. The van der Waals surface area contributed by atoms with E-state index < -0.39 is 21.5 Å². The average Bonchev–Trinajstić information content (AvgIpc) is 3.34. The Morgan fingerprint density at radius 1 is 0.913 bits per heavy atom. The Morgan fingerprint density at radius 3 is 2.39 bits per heavy atom. The maximum Gasteiger partial charge on any atom is 0.303 e. The first-order chi connectivity index (χ1) is 22.2. The molecule has 5 heterocycles. The third kappa shape index (κ3) is 4.60. The van der Waals surface area contributed by atoms with Crippen LogP contribution in [0.5, 0.6) is 5.75 Å². The quantitative estimate of drug-likeness (QED) is 0.446. The predicted octanol–water partition coefficient (Wildman–Crippen LogP) is 4.31. The van der Waals surface area contributed by atoms with Gasteiger partial charge in [0, 0.05) is 80.8 Å². The van der Waals surface area contributed by atoms with Crippen molar-refractivity contribution in [2.24, 2.45) is 5.41 Å². The van der Waals surface area contributed by atoms with Crippen molar-refractivity contribution in [3.05, 3.63) is 53.1 Å². The molecule has 2 amide bonds. The van der Waals surface area contributed by atoms with Gasteiger partial charge in [-0.15, -0.1) is 0 Å². The molecule has 1 saturated heterocycles. The fourth-order valence-electron chi connectivity index (χ4n) is 8.98. The molecular weight excluding hydrogens is 602 g/mol. The van der Waals surface area contributed by atoms with Gasteiger partial charge in [-0.2, -0.15) is 12.7 Å². The number of fused-ring (bicyclic) bond motifs is 10. The van der Waals surface area contributed by atoms with Crippen LogP contribution in [0.3, 0.4) is 0 Å². The van der Waals surface area contributed by atoms with Crippen LogP contribution in [0.2, 0.25) is 0 Å². The Morgan fingerprint density at radius 2 is 1.67 bits per heavy atom. The molecule has 4 aliphatic heterocycles. The van der Waals surface area contributed by atoms with E-state index in [4.69, 9.17) is 4.74 Å². The maximum atomic E-state index is 14.9. The molecule has 10 nitrogen and oxygen atoms in total. The summed E-state index contributed by atoms with van der Waals surface area (Å²) in [6.45, 7) is 3.89. The van der Waals surface area contributed by atoms with Crippen molar-refractivity contribution in [1.82, 2.24) is 23.4 Å². The zero-order valence-corrected chi connectivity index (χ0v) is 27.6. The topological polar surface area (TPSA) is 104 Å². The molecule has 1 N–H and O–H groups in total. The van der Waals surface area contributed by atoms with Gasteiger partial charge in [0.15, 0.2) is 0 Å². The Balaban J connectivity index is 1.39. The summed E-state index contributed by atoms with van der Waals surface area (Å²) >= 11 is 0. The first-order valence-electron chi connectivity index (χ1n) is 16.8. The molecule has 6 bridgehead atoms. The van der Waals surface area contributed by atoms with Gasteiger partial charge >= 0.3 is 10.2 Å². The van der Waals surface area contributed by atoms with Crippen molar-refractivity contribution in [2.75, 3.05) is 53.4 Å². The van der Waals surface area contributed by atoms with E-state index >= 15 is 0 Å². The van der Waals surface area contributed by atoms with Gasteiger partial charge in [0.25, 0.3) is 5.91 Å². The van der Waals surface area contributed by atoms with Crippen molar-refractivity contribution >= 4 is 32.9 Å². The molecule has 2 saturated carbocycles. The summed E-state index contributed by atoms with van der Waals surface area (Å²) in [5.41, 5.74) is 5.34. The molecule has 2 aliphatic carbocycles. The Kier molecular flexibility index (Phi) is 7.22. The van der Waals surface area contributed by atoms with E-state index in [9.17, 15) is 18.0 Å². The van der Waals surface area contributed by atoms with Gasteiger partial charge in [-0.25, -0.2) is 4.72 Å². The Hall–Kier alpha value is -3.41. The molecule has 3 fully saturated rings. The number of carbonyl (C=O) groups is 2. The van der Waals surface area contributed by atoms with E-state index in [1.54, 1.807) is 13.2 Å². The van der Waals surface area contributed by atoms with E-state index in [1.165, 1.54) is 41.7 Å². The zero-order valence-electron chi connectivity index (χ0n) is 26.8. The molecule has 244 valence electrons. The van der Waals surface area contributed by atoms with E-state index in [0.29, 0.717) is 50.7 Å². The number of nitrogens with one attached hydrogen (secondary N) is 1. The number of methoxy groups -OCH3 is 1. The molecule has 1 aromatic heterocycles. The molecule has 0 radical (unpaired) electrons. The highest BCUT2D eigenvalue weighted by molar-refractivity contribution is 7.87. The second-order valence-electron chi connectivity index (χ2n) is 14.0. The standard InChI is InChI=1S/C35H43N5O5S/c1-37-14-15-38-16-18-39(19-17-38)34(42)35-13-12-29(35)28-21-25(45-2)9-11-26(28)32-31(23-6-4-3-5-7-23)27-10-8-24(20-30(27)40(32)22-35)33(41)36-46(37,43)44/h8-11,20-21,23,29H,3-7,12-19,22H2,1-2H3,(H,36,41)/t29-,35-/m1/s1. The van der Waals surface area contributed by atoms with Gasteiger partial charge in [0.2, 0.25) is 5.91 Å². The molecule has 3 aromatic rings. The van der Waals surface area contributed by atoms with Crippen LogP contribution in [0.1, 0.15) is 78.3 Å². The first-order valence-corrected chi connectivity index (χ1v) is 18.3. The normalized spacial score (nSPS) is 27.2. The van der Waals surface area contributed by atoms with Gasteiger partial charge in [-0.1, -0.05) is 25.3 Å². The fraction of sp³-hybridized carbons (Fsp3) is 0.543. The predicted molar refractivity (Wildman–Crippen MR) is 176 cm³/mol. The maximum absolute atomic E-state index is 14.9. The van der Waals surface area contributed by atoms with Crippen molar-refractivity contribution < 1.29 is 22.7 Å². The molecule has 1 spiro atoms. The molecule has 0 unspecified atom stereocenters. The van der Waals surface area contributed by atoms with Crippen LogP contribution >= 0.6 is 0 Å². The highest BCUT2D eigenvalue weighted by Crippen LogP contribution is 2.61. The van der Waals surface area contributed by atoms with Gasteiger partial charge in [0.1, 0.15) is 5.75 Å². The number of carbonyl (C=O) groups excluding carboxylic acids is 2. The Labute approximate surface area is 270 Å². The minimum atomic E-state index is -4.04. The van der Waals surface area contributed by atoms with Crippen LogP contribution in [-0.4, -0.2) is 92.3 Å². The minimum absolute atomic E-state index is 0.0599. The number of piperazine rings is 1. The van der Waals surface area contributed by atoms with E-state index in [0.717, 1.165) is 53.6 Å². The molecule has 2 atom stereocenters. The largest absolute Gasteiger partial charge is 0.497 e. The number of rotatable bonds is 2. The first kappa shape index (κ1) is 30.0. The van der Waals surface area contributed by atoms with Gasteiger partial charge in [-0.3, -0.25) is 14.5 Å². The second-order valence-corrected chi connectivity index (χ2v) is 15.8. The summed E-state index contributed by atoms with van der Waals surface area (Å²) < 4.78 is 38.0. The monoisotopic (exact) mass is 645 g/mol. The van der Waals surface area contributed by atoms with E-state index in [2.05, 4.69) is 31.2 Å². The van der Waals surface area contributed by atoms with Gasteiger partial charge in [0.05, 0.1) is 18.2 Å².